The molecule has 0 saturated carbocycles. The Hall–Kier alpha value is -0.863. The number of unbranched alkanes of at least 4 members (excludes halogenated alkanes) is 2. The Kier molecular flexibility index (Phi) is 7.24. The molecule has 0 heterocycles. The number of aliphatic hydroxyl groups is 1. The standard InChI is InChI=1S/C18H30OSi/c1-5-6-9-17(10-7-8-15-19)20(3,4)18-13-11-16(2)12-14-18/h10-14,19H,5-9,15H2,1-4H3/b17-10-. The topological polar surface area (TPSA) is 20.2 Å². The van der Waals surface area contributed by atoms with Gasteiger partial charge in [-0.2, -0.15) is 0 Å². The number of benzene rings is 1. The van der Waals surface area contributed by atoms with Crippen LogP contribution in [-0.2, 0) is 0 Å². The van der Waals surface area contributed by atoms with Gasteiger partial charge < -0.3 is 5.11 Å². The van der Waals surface area contributed by atoms with Crippen molar-refractivity contribution in [2.45, 2.75) is 59.0 Å². The molecule has 1 nitrogen and oxygen atoms in total. The van der Waals surface area contributed by atoms with E-state index in [4.69, 9.17) is 5.11 Å². The molecule has 1 rings (SSSR count). The highest BCUT2D eigenvalue weighted by Gasteiger charge is 2.27. The van der Waals surface area contributed by atoms with Crippen molar-refractivity contribution in [3.8, 4) is 0 Å². The minimum atomic E-state index is -1.54. The van der Waals surface area contributed by atoms with E-state index >= 15 is 0 Å². The predicted molar refractivity (Wildman–Crippen MR) is 92.2 cm³/mol. The lowest BCUT2D eigenvalue weighted by atomic mass is 10.2. The molecular weight excluding hydrogens is 260 g/mol. The predicted octanol–water partition coefficient (Wildman–Crippen LogP) is 4.34. The summed E-state index contributed by atoms with van der Waals surface area (Å²) in [5.41, 5.74) is 1.33. The van der Waals surface area contributed by atoms with E-state index in [9.17, 15) is 0 Å². The molecule has 112 valence electrons. The van der Waals surface area contributed by atoms with Gasteiger partial charge in [-0.05, 0) is 26.2 Å². The van der Waals surface area contributed by atoms with Gasteiger partial charge in [-0.3, -0.25) is 0 Å². The number of allylic oxidation sites excluding steroid dienone is 2. The largest absolute Gasteiger partial charge is 0.396 e. The highest BCUT2D eigenvalue weighted by atomic mass is 28.3. The Morgan fingerprint density at radius 3 is 2.35 bits per heavy atom. The summed E-state index contributed by atoms with van der Waals surface area (Å²) in [4.78, 5) is 0. The van der Waals surface area contributed by atoms with E-state index in [2.05, 4.69) is 57.3 Å². The van der Waals surface area contributed by atoms with Gasteiger partial charge in [0.15, 0.2) is 0 Å². The van der Waals surface area contributed by atoms with Gasteiger partial charge in [0.25, 0.3) is 0 Å². The number of aliphatic hydroxyl groups excluding tert-OH is 1. The molecule has 0 atom stereocenters. The number of aryl methyl sites for hydroxylation is 1. The Bertz CT molecular complexity index is 418. The third-order valence-electron chi connectivity index (χ3n) is 4.13. The van der Waals surface area contributed by atoms with Gasteiger partial charge in [0.2, 0.25) is 0 Å². The van der Waals surface area contributed by atoms with E-state index < -0.39 is 8.07 Å². The average Bonchev–Trinajstić information content (AvgIpc) is 2.43. The molecule has 2 heteroatoms. The number of rotatable bonds is 8. The molecule has 1 aromatic rings. The zero-order valence-electron chi connectivity index (χ0n) is 13.6. The lowest BCUT2D eigenvalue weighted by molar-refractivity contribution is 0.289. The zero-order chi connectivity index (χ0) is 15.0. The summed E-state index contributed by atoms with van der Waals surface area (Å²) in [6.07, 6.45) is 8.04. The molecule has 0 radical (unpaired) electrons. The first-order valence-electron chi connectivity index (χ1n) is 7.90. The Morgan fingerprint density at radius 1 is 1.15 bits per heavy atom. The lowest BCUT2D eigenvalue weighted by Gasteiger charge is -2.27. The molecule has 0 amide bonds. The second-order valence-electron chi connectivity index (χ2n) is 6.19. The molecule has 1 N–H and O–H groups in total. The molecule has 0 saturated heterocycles. The van der Waals surface area contributed by atoms with Gasteiger partial charge in [0, 0.05) is 6.61 Å². The maximum absolute atomic E-state index is 8.99. The Morgan fingerprint density at radius 2 is 1.80 bits per heavy atom. The molecule has 0 aromatic heterocycles. The van der Waals surface area contributed by atoms with Crippen LogP contribution in [-0.4, -0.2) is 19.8 Å². The summed E-state index contributed by atoms with van der Waals surface area (Å²) in [5.74, 6) is 0. The molecule has 0 aliphatic rings. The van der Waals surface area contributed by atoms with Crippen LogP contribution in [0.25, 0.3) is 0 Å². The first-order valence-corrected chi connectivity index (χ1v) is 10.9. The molecule has 0 bridgehead atoms. The van der Waals surface area contributed by atoms with Crippen molar-refractivity contribution < 1.29 is 5.11 Å². The highest BCUT2D eigenvalue weighted by molar-refractivity contribution is 6.95. The van der Waals surface area contributed by atoms with Crippen molar-refractivity contribution in [3.63, 3.8) is 0 Å². The quantitative estimate of drug-likeness (QED) is 0.558. The molecule has 0 aliphatic carbocycles. The average molecular weight is 291 g/mol. The third-order valence-corrected chi connectivity index (χ3v) is 7.97. The van der Waals surface area contributed by atoms with Crippen LogP contribution >= 0.6 is 0 Å². The van der Waals surface area contributed by atoms with Crippen molar-refractivity contribution in [1.82, 2.24) is 0 Å². The second kappa shape index (κ2) is 8.43. The summed E-state index contributed by atoms with van der Waals surface area (Å²) in [6.45, 7) is 9.61. The van der Waals surface area contributed by atoms with Gasteiger partial charge in [0.05, 0.1) is 0 Å². The van der Waals surface area contributed by atoms with Crippen LogP contribution in [0.2, 0.25) is 13.1 Å². The minimum absolute atomic E-state index is 0.296. The zero-order valence-corrected chi connectivity index (χ0v) is 14.6. The first-order chi connectivity index (χ1) is 9.52. The fourth-order valence-corrected chi connectivity index (χ4v) is 5.39. The molecule has 0 unspecified atom stereocenters. The maximum Gasteiger partial charge on any atom is 0.107 e. The monoisotopic (exact) mass is 290 g/mol. The van der Waals surface area contributed by atoms with Crippen molar-refractivity contribution in [1.29, 1.82) is 0 Å². The third kappa shape index (κ3) is 4.91. The molecule has 0 fully saturated rings. The second-order valence-corrected chi connectivity index (χ2v) is 10.7. The van der Waals surface area contributed by atoms with Gasteiger partial charge in [0.1, 0.15) is 8.07 Å². The fraction of sp³-hybridized carbons (Fsp3) is 0.556. The summed E-state index contributed by atoms with van der Waals surface area (Å²) in [5, 5.41) is 12.2. The van der Waals surface area contributed by atoms with Crippen LogP contribution in [0.5, 0.6) is 0 Å². The molecule has 0 spiro atoms. The van der Waals surface area contributed by atoms with Gasteiger partial charge in [-0.1, -0.05) is 79.1 Å². The normalized spacial score (nSPS) is 12.8. The summed E-state index contributed by atoms with van der Waals surface area (Å²) >= 11 is 0. The summed E-state index contributed by atoms with van der Waals surface area (Å²) in [6, 6.07) is 9.09. The SMILES string of the molecule is CCCC/C(=C/CCCO)[Si](C)(C)c1ccc(C)cc1. The van der Waals surface area contributed by atoms with Gasteiger partial charge in [-0.15, -0.1) is 0 Å². The van der Waals surface area contributed by atoms with Crippen molar-refractivity contribution in [2.24, 2.45) is 0 Å². The van der Waals surface area contributed by atoms with Crippen molar-refractivity contribution in [3.05, 3.63) is 41.1 Å². The van der Waals surface area contributed by atoms with Gasteiger partial charge >= 0.3 is 0 Å². The lowest BCUT2D eigenvalue weighted by Crippen LogP contribution is -2.43. The van der Waals surface area contributed by atoms with E-state index in [1.807, 2.05) is 0 Å². The smallest absolute Gasteiger partial charge is 0.107 e. The highest BCUT2D eigenvalue weighted by Crippen LogP contribution is 2.22. The summed E-state index contributed by atoms with van der Waals surface area (Å²) < 4.78 is 0. The van der Waals surface area contributed by atoms with Crippen LogP contribution in [0.15, 0.2) is 35.5 Å². The van der Waals surface area contributed by atoms with Crippen LogP contribution < -0.4 is 5.19 Å². The fourth-order valence-electron chi connectivity index (χ4n) is 2.56. The molecular formula is C18H30OSi. The van der Waals surface area contributed by atoms with E-state index in [1.165, 1.54) is 30.0 Å². The number of hydrogen-bond acceptors (Lipinski definition) is 1. The minimum Gasteiger partial charge on any atom is -0.396 e. The van der Waals surface area contributed by atoms with Crippen LogP contribution in [0.1, 0.15) is 44.6 Å². The van der Waals surface area contributed by atoms with Crippen LogP contribution in [0, 0.1) is 6.92 Å². The molecule has 20 heavy (non-hydrogen) atoms. The van der Waals surface area contributed by atoms with Crippen molar-refractivity contribution >= 4 is 13.3 Å². The van der Waals surface area contributed by atoms with Crippen molar-refractivity contribution in [2.75, 3.05) is 6.61 Å². The van der Waals surface area contributed by atoms with Gasteiger partial charge in [-0.25, -0.2) is 0 Å². The van der Waals surface area contributed by atoms with E-state index in [0.717, 1.165) is 12.8 Å². The Balaban J connectivity index is 2.96. The van der Waals surface area contributed by atoms with E-state index in [-0.39, 0.29) is 0 Å². The molecule has 1 aromatic carbocycles. The summed E-state index contributed by atoms with van der Waals surface area (Å²) in [7, 11) is -1.54. The maximum atomic E-state index is 8.99. The van der Waals surface area contributed by atoms with Crippen LogP contribution in [0.3, 0.4) is 0 Å². The number of hydrogen-bond donors (Lipinski definition) is 1. The van der Waals surface area contributed by atoms with E-state index in [1.54, 1.807) is 5.20 Å². The first kappa shape index (κ1) is 17.2. The molecule has 0 aliphatic heterocycles. The van der Waals surface area contributed by atoms with Crippen LogP contribution in [0.4, 0.5) is 0 Å². The Labute approximate surface area is 125 Å². The van der Waals surface area contributed by atoms with E-state index in [0.29, 0.717) is 6.61 Å².